The number of rotatable bonds is 7. The summed E-state index contributed by atoms with van der Waals surface area (Å²) in [5.74, 6) is 0.991. The minimum Gasteiger partial charge on any atom is -0.492 e. The molecule has 1 heterocycles. The predicted molar refractivity (Wildman–Crippen MR) is 75.9 cm³/mol. The molecule has 0 atom stereocenters. The Balaban J connectivity index is 1.73. The lowest BCUT2D eigenvalue weighted by atomic mass is 10.1. The van der Waals surface area contributed by atoms with Gasteiger partial charge in [0.05, 0.1) is 6.54 Å². The first-order valence-corrected chi connectivity index (χ1v) is 6.89. The highest BCUT2D eigenvalue weighted by molar-refractivity contribution is 5.76. The fourth-order valence-electron chi connectivity index (χ4n) is 2.07. The van der Waals surface area contributed by atoms with Gasteiger partial charge in [-0.15, -0.1) is 0 Å². The highest BCUT2D eigenvalue weighted by atomic mass is 16.5. The number of Topliss-reactive ketones (excluding diaryl/α,β-unsaturated/α-hetero) is 1. The highest BCUT2D eigenvalue weighted by Crippen LogP contribution is 2.13. The third-order valence-corrected chi connectivity index (χ3v) is 3.26. The SMILES string of the molecule is CC(=O)CCc1ccc(OCCN2CCNC2=O)cc1. The molecule has 1 fully saturated rings. The first-order chi connectivity index (χ1) is 9.65. The minimum absolute atomic E-state index is 0.0202. The molecule has 20 heavy (non-hydrogen) atoms. The summed E-state index contributed by atoms with van der Waals surface area (Å²) in [5, 5.41) is 2.75. The lowest BCUT2D eigenvalue weighted by Gasteiger charge is -2.14. The Morgan fingerprint density at radius 2 is 2.10 bits per heavy atom. The third kappa shape index (κ3) is 4.26. The number of carbonyl (C=O) groups excluding carboxylic acids is 2. The highest BCUT2D eigenvalue weighted by Gasteiger charge is 2.18. The lowest BCUT2D eigenvalue weighted by Crippen LogP contribution is -2.31. The van der Waals surface area contributed by atoms with Crippen molar-refractivity contribution in [3.63, 3.8) is 0 Å². The van der Waals surface area contributed by atoms with E-state index in [-0.39, 0.29) is 11.8 Å². The van der Waals surface area contributed by atoms with Crippen LogP contribution in [0.3, 0.4) is 0 Å². The number of carbonyl (C=O) groups is 2. The number of benzene rings is 1. The zero-order valence-electron chi connectivity index (χ0n) is 11.7. The first kappa shape index (κ1) is 14.4. The molecule has 108 valence electrons. The van der Waals surface area contributed by atoms with Crippen molar-refractivity contribution in [2.24, 2.45) is 0 Å². The van der Waals surface area contributed by atoms with Crippen LogP contribution in [0.4, 0.5) is 4.79 Å². The summed E-state index contributed by atoms with van der Waals surface area (Å²) in [7, 11) is 0. The Morgan fingerprint density at radius 3 is 2.70 bits per heavy atom. The average Bonchev–Trinajstić information content (AvgIpc) is 2.83. The molecule has 5 heteroatoms. The largest absolute Gasteiger partial charge is 0.492 e. The molecule has 0 aromatic heterocycles. The molecule has 0 aliphatic carbocycles. The van der Waals surface area contributed by atoms with Crippen molar-refractivity contribution in [3.8, 4) is 5.75 Å². The molecular formula is C15H20N2O3. The van der Waals surface area contributed by atoms with E-state index in [1.807, 2.05) is 24.3 Å². The standard InChI is InChI=1S/C15H20N2O3/c1-12(18)2-3-13-4-6-14(7-5-13)20-11-10-17-9-8-16-15(17)19/h4-7H,2-3,8-11H2,1H3,(H,16,19). The first-order valence-electron chi connectivity index (χ1n) is 6.89. The number of ketones is 1. The van der Waals surface area contributed by atoms with Gasteiger partial charge in [0, 0.05) is 19.5 Å². The fourth-order valence-corrected chi connectivity index (χ4v) is 2.07. The van der Waals surface area contributed by atoms with E-state index in [0.717, 1.165) is 24.3 Å². The molecule has 1 aliphatic rings. The summed E-state index contributed by atoms with van der Waals surface area (Å²) in [6, 6.07) is 7.73. The van der Waals surface area contributed by atoms with E-state index in [0.29, 0.717) is 26.1 Å². The maximum atomic E-state index is 11.3. The molecular weight excluding hydrogens is 256 g/mol. The molecule has 1 aromatic rings. The Hall–Kier alpha value is -2.04. The summed E-state index contributed by atoms with van der Waals surface area (Å²) in [5.41, 5.74) is 1.13. The predicted octanol–water partition coefficient (Wildman–Crippen LogP) is 1.61. The number of ether oxygens (including phenoxy) is 1. The molecule has 1 N–H and O–H groups in total. The number of aryl methyl sites for hydroxylation is 1. The van der Waals surface area contributed by atoms with Crippen LogP contribution in [0.15, 0.2) is 24.3 Å². The Bertz CT molecular complexity index is 471. The summed E-state index contributed by atoms with van der Waals surface area (Å²) in [6.45, 7) is 4.14. The maximum Gasteiger partial charge on any atom is 0.317 e. The molecule has 2 rings (SSSR count). The van der Waals surface area contributed by atoms with Crippen LogP contribution in [0.1, 0.15) is 18.9 Å². The molecule has 0 bridgehead atoms. The smallest absolute Gasteiger partial charge is 0.317 e. The van der Waals surface area contributed by atoms with Crippen LogP contribution in [0.25, 0.3) is 0 Å². The molecule has 5 nitrogen and oxygen atoms in total. The van der Waals surface area contributed by atoms with Crippen molar-refractivity contribution >= 4 is 11.8 Å². The van der Waals surface area contributed by atoms with Gasteiger partial charge in [-0.2, -0.15) is 0 Å². The van der Waals surface area contributed by atoms with E-state index in [2.05, 4.69) is 5.32 Å². The monoisotopic (exact) mass is 276 g/mol. The zero-order chi connectivity index (χ0) is 14.4. The molecule has 0 spiro atoms. The van der Waals surface area contributed by atoms with Crippen LogP contribution >= 0.6 is 0 Å². The summed E-state index contributed by atoms with van der Waals surface area (Å²) < 4.78 is 5.61. The van der Waals surface area contributed by atoms with Gasteiger partial charge in [0.2, 0.25) is 0 Å². The van der Waals surface area contributed by atoms with Gasteiger partial charge in [0.25, 0.3) is 0 Å². The molecule has 1 aliphatic heterocycles. The van der Waals surface area contributed by atoms with E-state index < -0.39 is 0 Å². The normalized spacial score (nSPS) is 14.2. The van der Waals surface area contributed by atoms with Gasteiger partial charge in [-0.05, 0) is 31.0 Å². The molecule has 0 radical (unpaired) electrons. The van der Waals surface area contributed by atoms with Crippen LogP contribution in [-0.4, -0.2) is 43.0 Å². The van der Waals surface area contributed by atoms with Crippen LogP contribution < -0.4 is 10.1 Å². The topological polar surface area (TPSA) is 58.6 Å². The van der Waals surface area contributed by atoms with Crippen molar-refractivity contribution in [1.29, 1.82) is 0 Å². The summed E-state index contributed by atoms with van der Waals surface area (Å²) in [6.07, 6.45) is 1.34. The van der Waals surface area contributed by atoms with E-state index in [9.17, 15) is 9.59 Å². The van der Waals surface area contributed by atoms with Crippen LogP contribution in [-0.2, 0) is 11.2 Å². The Morgan fingerprint density at radius 1 is 1.35 bits per heavy atom. The average molecular weight is 276 g/mol. The number of hydrogen-bond donors (Lipinski definition) is 1. The minimum atomic E-state index is -0.0202. The lowest BCUT2D eigenvalue weighted by molar-refractivity contribution is -0.116. The third-order valence-electron chi connectivity index (χ3n) is 3.26. The van der Waals surface area contributed by atoms with Gasteiger partial charge in [-0.3, -0.25) is 0 Å². The van der Waals surface area contributed by atoms with Crippen molar-refractivity contribution in [2.45, 2.75) is 19.8 Å². The second-order valence-corrected chi connectivity index (χ2v) is 4.91. The fraction of sp³-hybridized carbons (Fsp3) is 0.467. The van der Waals surface area contributed by atoms with Gasteiger partial charge in [-0.25, -0.2) is 4.79 Å². The van der Waals surface area contributed by atoms with E-state index in [1.165, 1.54) is 0 Å². The number of hydrogen-bond acceptors (Lipinski definition) is 3. The Labute approximate surface area is 118 Å². The van der Waals surface area contributed by atoms with Crippen LogP contribution in [0.2, 0.25) is 0 Å². The number of urea groups is 1. The van der Waals surface area contributed by atoms with Crippen molar-refractivity contribution in [3.05, 3.63) is 29.8 Å². The van der Waals surface area contributed by atoms with Gasteiger partial charge in [0.1, 0.15) is 18.1 Å². The zero-order valence-corrected chi connectivity index (χ0v) is 11.7. The number of nitrogens with zero attached hydrogens (tertiary/aromatic N) is 1. The maximum absolute atomic E-state index is 11.3. The molecule has 0 unspecified atom stereocenters. The van der Waals surface area contributed by atoms with Gasteiger partial charge < -0.3 is 19.7 Å². The number of nitrogens with one attached hydrogen (secondary N) is 1. The van der Waals surface area contributed by atoms with E-state index in [4.69, 9.17) is 4.74 Å². The van der Waals surface area contributed by atoms with Gasteiger partial charge >= 0.3 is 6.03 Å². The van der Waals surface area contributed by atoms with Crippen LogP contribution in [0, 0.1) is 0 Å². The van der Waals surface area contributed by atoms with Crippen molar-refractivity contribution in [1.82, 2.24) is 10.2 Å². The Kier molecular flexibility index (Phi) is 4.98. The molecule has 1 saturated heterocycles. The molecule has 2 amide bonds. The van der Waals surface area contributed by atoms with Gasteiger partial charge in [0.15, 0.2) is 0 Å². The van der Waals surface area contributed by atoms with Crippen molar-refractivity contribution in [2.75, 3.05) is 26.2 Å². The van der Waals surface area contributed by atoms with Crippen LogP contribution in [0.5, 0.6) is 5.75 Å². The quantitative estimate of drug-likeness (QED) is 0.823. The second kappa shape index (κ2) is 6.93. The van der Waals surface area contributed by atoms with E-state index >= 15 is 0 Å². The van der Waals surface area contributed by atoms with Crippen molar-refractivity contribution < 1.29 is 14.3 Å². The molecule has 0 saturated carbocycles. The summed E-state index contributed by atoms with van der Waals surface area (Å²) >= 11 is 0. The van der Waals surface area contributed by atoms with Gasteiger partial charge in [-0.1, -0.05) is 12.1 Å². The second-order valence-electron chi connectivity index (χ2n) is 4.91. The summed E-state index contributed by atoms with van der Waals surface area (Å²) in [4.78, 5) is 24.0. The van der Waals surface area contributed by atoms with E-state index in [1.54, 1.807) is 11.8 Å². The number of amides is 2. The molecule has 1 aromatic carbocycles.